The Bertz CT molecular complexity index is 442. The van der Waals surface area contributed by atoms with E-state index in [1.54, 1.807) is 13.0 Å². The molecular formula is C15H24Cl2N2O2. The van der Waals surface area contributed by atoms with Crippen LogP contribution >= 0.6 is 24.0 Å². The smallest absolute Gasteiger partial charge is 0.260 e. The number of nitrogens with one attached hydrogen (secondary N) is 2. The van der Waals surface area contributed by atoms with Crippen molar-refractivity contribution in [1.29, 1.82) is 0 Å². The van der Waals surface area contributed by atoms with Crippen molar-refractivity contribution < 1.29 is 9.53 Å². The highest BCUT2D eigenvalue weighted by Gasteiger charge is 2.15. The van der Waals surface area contributed by atoms with E-state index in [0.717, 1.165) is 25.1 Å². The average molecular weight is 335 g/mol. The summed E-state index contributed by atoms with van der Waals surface area (Å²) >= 11 is 6.04. The van der Waals surface area contributed by atoms with Crippen molar-refractivity contribution in [3.05, 3.63) is 28.8 Å². The van der Waals surface area contributed by atoms with Gasteiger partial charge in [0.1, 0.15) is 5.75 Å². The van der Waals surface area contributed by atoms with E-state index in [1.807, 2.05) is 19.1 Å². The molecule has 0 saturated heterocycles. The molecule has 0 aromatic heterocycles. The maximum Gasteiger partial charge on any atom is 0.260 e. The third-order valence-electron chi connectivity index (χ3n) is 2.79. The predicted molar refractivity (Wildman–Crippen MR) is 89.7 cm³/mol. The molecule has 4 nitrogen and oxygen atoms in total. The molecule has 0 radical (unpaired) electrons. The van der Waals surface area contributed by atoms with Crippen LogP contribution in [0.15, 0.2) is 18.2 Å². The summed E-state index contributed by atoms with van der Waals surface area (Å²) in [6.07, 6.45) is 0.514. The van der Waals surface area contributed by atoms with E-state index in [0.29, 0.717) is 17.3 Å². The van der Waals surface area contributed by atoms with E-state index in [9.17, 15) is 4.79 Å². The zero-order chi connectivity index (χ0) is 15.0. The van der Waals surface area contributed by atoms with Crippen molar-refractivity contribution in [2.75, 3.05) is 19.6 Å². The van der Waals surface area contributed by atoms with Gasteiger partial charge in [-0.05, 0) is 44.5 Å². The van der Waals surface area contributed by atoms with Gasteiger partial charge in [0.2, 0.25) is 0 Å². The lowest BCUT2D eigenvalue weighted by Gasteiger charge is -2.16. The molecule has 2 N–H and O–H groups in total. The highest BCUT2D eigenvalue weighted by Crippen LogP contribution is 2.26. The molecule has 0 aliphatic heterocycles. The van der Waals surface area contributed by atoms with Crippen LogP contribution in [-0.4, -0.2) is 31.6 Å². The zero-order valence-corrected chi connectivity index (χ0v) is 14.3. The van der Waals surface area contributed by atoms with Crippen LogP contribution in [-0.2, 0) is 4.79 Å². The third kappa shape index (κ3) is 7.55. The molecule has 0 saturated carbocycles. The lowest BCUT2D eigenvalue weighted by molar-refractivity contribution is -0.127. The zero-order valence-electron chi connectivity index (χ0n) is 12.7. The molecule has 21 heavy (non-hydrogen) atoms. The van der Waals surface area contributed by atoms with Crippen LogP contribution in [0, 0.1) is 6.92 Å². The van der Waals surface area contributed by atoms with Crippen molar-refractivity contribution >= 4 is 29.9 Å². The maximum absolute atomic E-state index is 11.9. The van der Waals surface area contributed by atoms with E-state index in [-0.39, 0.29) is 18.3 Å². The van der Waals surface area contributed by atoms with E-state index in [2.05, 4.69) is 17.6 Å². The minimum atomic E-state index is -0.569. The molecule has 0 heterocycles. The number of carbonyl (C=O) groups excluding carboxylic acids is 1. The van der Waals surface area contributed by atoms with E-state index < -0.39 is 6.10 Å². The number of carbonyl (C=O) groups is 1. The summed E-state index contributed by atoms with van der Waals surface area (Å²) in [4.78, 5) is 11.9. The van der Waals surface area contributed by atoms with Crippen molar-refractivity contribution in [1.82, 2.24) is 10.6 Å². The summed E-state index contributed by atoms with van der Waals surface area (Å²) in [6.45, 7) is 8.08. The molecule has 1 aromatic rings. The van der Waals surface area contributed by atoms with Crippen LogP contribution < -0.4 is 15.4 Å². The van der Waals surface area contributed by atoms with Crippen molar-refractivity contribution in [3.8, 4) is 5.75 Å². The number of rotatable bonds is 8. The molecule has 1 aromatic carbocycles. The molecule has 1 unspecified atom stereocenters. The third-order valence-corrected chi connectivity index (χ3v) is 3.10. The van der Waals surface area contributed by atoms with Gasteiger partial charge in [-0.15, -0.1) is 12.4 Å². The second-order valence-corrected chi connectivity index (χ2v) is 5.14. The summed E-state index contributed by atoms with van der Waals surface area (Å²) in [5.41, 5.74) is 1.04. The first kappa shape index (κ1) is 20.0. The van der Waals surface area contributed by atoms with Crippen molar-refractivity contribution in [2.45, 2.75) is 33.3 Å². The fourth-order valence-corrected chi connectivity index (χ4v) is 1.83. The topological polar surface area (TPSA) is 50.4 Å². The minimum Gasteiger partial charge on any atom is -0.479 e. The fourth-order valence-electron chi connectivity index (χ4n) is 1.66. The van der Waals surface area contributed by atoms with Gasteiger partial charge in [0.25, 0.3) is 5.91 Å². The Kier molecular flexibility index (Phi) is 10.2. The van der Waals surface area contributed by atoms with Gasteiger partial charge in [-0.3, -0.25) is 4.79 Å². The molecule has 1 amide bonds. The quantitative estimate of drug-likeness (QED) is 0.718. The van der Waals surface area contributed by atoms with Crippen LogP contribution in [0.3, 0.4) is 0 Å². The monoisotopic (exact) mass is 334 g/mol. The lowest BCUT2D eigenvalue weighted by atomic mass is 10.2. The van der Waals surface area contributed by atoms with Crippen LogP contribution in [0.2, 0.25) is 5.02 Å². The number of ether oxygens (including phenoxy) is 1. The van der Waals surface area contributed by atoms with E-state index in [4.69, 9.17) is 16.3 Å². The van der Waals surface area contributed by atoms with Crippen LogP contribution in [0.25, 0.3) is 0 Å². The molecule has 6 heteroatoms. The van der Waals surface area contributed by atoms with Gasteiger partial charge >= 0.3 is 0 Å². The summed E-state index contributed by atoms with van der Waals surface area (Å²) in [6, 6.07) is 5.50. The van der Waals surface area contributed by atoms with Crippen LogP contribution in [0.5, 0.6) is 5.75 Å². The van der Waals surface area contributed by atoms with E-state index >= 15 is 0 Å². The first-order chi connectivity index (χ1) is 9.54. The van der Waals surface area contributed by atoms with Crippen LogP contribution in [0.1, 0.15) is 25.8 Å². The number of halogens is 2. The number of amides is 1. The molecule has 1 rings (SSSR count). The Hall–Kier alpha value is -0.970. The number of hydrogen-bond donors (Lipinski definition) is 2. The average Bonchev–Trinajstić information content (AvgIpc) is 2.42. The summed E-state index contributed by atoms with van der Waals surface area (Å²) in [5, 5.41) is 6.56. The molecule has 1 atom stereocenters. The van der Waals surface area contributed by atoms with Gasteiger partial charge in [0.05, 0.1) is 5.02 Å². The molecule has 120 valence electrons. The van der Waals surface area contributed by atoms with Gasteiger partial charge in [-0.25, -0.2) is 0 Å². The fraction of sp³-hybridized carbons (Fsp3) is 0.533. The molecule has 0 aliphatic carbocycles. The second kappa shape index (κ2) is 10.7. The van der Waals surface area contributed by atoms with Gasteiger partial charge in [0, 0.05) is 13.1 Å². The Morgan fingerprint density at radius 2 is 2.05 bits per heavy atom. The van der Waals surface area contributed by atoms with Gasteiger partial charge in [-0.1, -0.05) is 24.6 Å². The highest BCUT2D eigenvalue weighted by molar-refractivity contribution is 6.32. The Balaban J connectivity index is 0.00000400. The summed E-state index contributed by atoms with van der Waals surface area (Å²) in [7, 11) is 0. The number of aryl methyl sites for hydroxylation is 1. The van der Waals surface area contributed by atoms with Gasteiger partial charge in [0.15, 0.2) is 6.10 Å². The largest absolute Gasteiger partial charge is 0.479 e. The number of hydrogen-bond acceptors (Lipinski definition) is 3. The molecule has 0 spiro atoms. The second-order valence-electron chi connectivity index (χ2n) is 4.73. The SMILES string of the molecule is CCCNCCNC(=O)C(C)Oc1cc(C)ccc1Cl.Cl. The maximum atomic E-state index is 11.9. The molecular weight excluding hydrogens is 311 g/mol. The van der Waals surface area contributed by atoms with Crippen molar-refractivity contribution in [3.63, 3.8) is 0 Å². The molecule has 0 aliphatic rings. The highest BCUT2D eigenvalue weighted by atomic mass is 35.5. The molecule has 0 bridgehead atoms. The minimum absolute atomic E-state index is 0. The van der Waals surface area contributed by atoms with Crippen molar-refractivity contribution in [2.24, 2.45) is 0 Å². The van der Waals surface area contributed by atoms with Crippen LogP contribution in [0.4, 0.5) is 0 Å². The molecule has 0 fully saturated rings. The van der Waals surface area contributed by atoms with E-state index in [1.165, 1.54) is 0 Å². The normalized spacial score (nSPS) is 11.4. The predicted octanol–water partition coefficient (Wildman–Crippen LogP) is 2.95. The standard InChI is InChI=1S/C15H23ClN2O2.ClH/c1-4-7-17-8-9-18-15(19)12(3)20-14-10-11(2)5-6-13(14)16;/h5-6,10,12,17H,4,7-9H2,1-3H3,(H,18,19);1H. The first-order valence-electron chi connectivity index (χ1n) is 6.95. The lowest BCUT2D eigenvalue weighted by Crippen LogP contribution is -2.39. The van der Waals surface area contributed by atoms with Gasteiger partial charge in [-0.2, -0.15) is 0 Å². The summed E-state index contributed by atoms with van der Waals surface area (Å²) in [5.74, 6) is 0.402. The summed E-state index contributed by atoms with van der Waals surface area (Å²) < 4.78 is 5.60. The number of benzene rings is 1. The first-order valence-corrected chi connectivity index (χ1v) is 7.33. The Morgan fingerprint density at radius 3 is 2.71 bits per heavy atom. The Labute approximate surface area is 138 Å². The van der Waals surface area contributed by atoms with Gasteiger partial charge < -0.3 is 15.4 Å². The Morgan fingerprint density at radius 1 is 1.33 bits per heavy atom.